The van der Waals surface area contributed by atoms with E-state index in [1.807, 2.05) is 39.4 Å². The number of ether oxygens (including phenoxy) is 1. The lowest BCUT2D eigenvalue weighted by Gasteiger charge is -2.30. The number of carbonyl (C=O) groups is 2. The van der Waals surface area contributed by atoms with Crippen molar-refractivity contribution in [1.29, 1.82) is 0 Å². The molecule has 0 bridgehead atoms. The summed E-state index contributed by atoms with van der Waals surface area (Å²) in [7, 11) is 1.14. The van der Waals surface area contributed by atoms with E-state index < -0.39 is 32.5 Å². The van der Waals surface area contributed by atoms with Crippen molar-refractivity contribution in [3.8, 4) is 0 Å². The zero-order chi connectivity index (χ0) is 59.3. The number of hydrogen-bond acceptors (Lipinski definition) is 7. The van der Waals surface area contributed by atoms with E-state index in [2.05, 4.69) is 105 Å². The Hall–Kier alpha value is -3.07. The van der Waals surface area contributed by atoms with Crippen molar-refractivity contribution in [2.45, 2.75) is 303 Å². The van der Waals surface area contributed by atoms with Gasteiger partial charge in [-0.25, -0.2) is 0 Å². The van der Waals surface area contributed by atoms with Crippen LogP contribution in [0.5, 0.6) is 0 Å². The van der Waals surface area contributed by atoms with Crippen molar-refractivity contribution < 1.29 is 37.3 Å². The highest BCUT2D eigenvalue weighted by atomic mass is 31.2. The highest BCUT2D eigenvalue weighted by molar-refractivity contribution is 7.45. The second-order valence-corrected chi connectivity index (χ2v) is 25.0. The van der Waals surface area contributed by atoms with Crippen molar-refractivity contribution >= 4 is 19.7 Å². The molecule has 0 aromatic heterocycles. The molecule has 0 heterocycles. The van der Waals surface area contributed by atoms with Crippen molar-refractivity contribution in [3.05, 3.63) is 97.2 Å². The molecule has 0 saturated carbocycles. The highest BCUT2D eigenvalue weighted by Crippen LogP contribution is 2.38. The predicted molar refractivity (Wildman–Crippen MR) is 348 cm³/mol. The van der Waals surface area contributed by atoms with Crippen LogP contribution in [0.1, 0.15) is 290 Å². The molecule has 0 saturated heterocycles. The fourth-order valence-corrected chi connectivity index (χ4v) is 10.1. The Morgan fingerprint density at radius 1 is 0.444 bits per heavy atom. The van der Waals surface area contributed by atoms with Crippen LogP contribution in [0.2, 0.25) is 0 Å². The van der Waals surface area contributed by atoms with Gasteiger partial charge in [0.2, 0.25) is 5.91 Å². The Kier molecular flexibility index (Phi) is 57.8. The number of phosphoric ester groups is 1. The van der Waals surface area contributed by atoms with Gasteiger partial charge in [-0.3, -0.25) is 14.2 Å². The Bertz CT molecular complexity index is 1710. The van der Waals surface area contributed by atoms with E-state index in [0.29, 0.717) is 23.9 Å². The number of likely N-dealkylation sites (N-methyl/N-ethyl adjacent to an activating group) is 1. The zero-order valence-electron chi connectivity index (χ0n) is 53.5. The molecule has 0 spiro atoms. The van der Waals surface area contributed by atoms with Crippen LogP contribution < -0.4 is 10.2 Å². The first-order chi connectivity index (χ1) is 39.4. The summed E-state index contributed by atoms with van der Waals surface area (Å²) in [6.07, 6.45) is 81.1. The summed E-state index contributed by atoms with van der Waals surface area (Å²) in [6, 6.07) is -0.924. The summed E-state index contributed by atoms with van der Waals surface area (Å²) in [5.41, 5.74) is 0. The van der Waals surface area contributed by atoms with Gasteiger partial charge in [0.15, 0.2) is 0 Å². The van der Waals surface area contributed by atoms with E-state index in [0.717, 1.165) is 83.5 Å². The van der Waals surface area contributed by atoms with Gasteiger partial charge in [0.25, 0.3) is 7.82 Å². The van der Waals surface area contributed by atoms with Crippen LogP contribution in [0.25, 0.3) is 0 Å². The van der Waals surface area contributed by atoms with E-state index >= 15 is 0 Å². The molecule has 1 amide bonds. The third-order valence-corrected chi connectivity index (χ3v) is 15.5. The quantitative estimate of drug-likeness (QED) is 0.0212. The van der Waals surface area contributed by atoms with E-state index in [9.17, 15) is 19.0 Å². The minimum absolute atomic E-state index is 0.0367. The van der Waals surface area contributed by atoms with Crippen LogP contribution in [0.15, 0.2) is 97.2 Å². The predicted octanol–water partition coefficient (Wildman–Crippen LogP) is 20.5. The molecule has 0 aromatic carbocycles. The summed E-state index contributed by atoms with van der Waals surface area (Å²) in [6.45, 7) is 6.70. The van der Waals surface area contributed by atoms with Crippen LogP contribution in [0.4, 0.5) is 0 Å². The minimum Gasteiger partial charge on any atom is -0.756 e. The third kappa shape index (κ3) is 61.3. The monoisotopic (exact) mass is 1150 g/mol. The molecule has 0 aliphatic rings. The second kappa shape index (κ2) is 60.1. The molecule has 3 atom stereocenters. The Morgan fingerprint density at radius 3 is 1.21 bits per heavy atom. The molecule has 0 fully saturated rings. The molecule has 3 unspecified atom stereocenters. The molecule has 0 aliphatic heterocycles. The normalized spacial score (nSPS) is 14.2. The Labute approximate surface area is 500 Å². The maximum Gasteiger partial charge on any atom is 0.306 e. The van der Waals surface area contributed by atoms with Crippen molar-refractivity contribution in [2.24, 2.45) is 0 Å². The molecule has 10 heteroatoms. The van der Waals surface area contributed by atoms with Crippen LogP contribution in [-0.2, 0) is 27.9 Å². The number of phosphoric acid groups is 1. The summed E-state index contributed by atoms with van der Waals surface area (Å²) in [4.78, 5) is 40.1. The number of nitrogens with zero attached hydrogens (tertiary/aromatic N) is 1. The number of allylic oxidation sites excluding steroid dienone is 15. The average Bonchev–Trinajstić information content (AvgIpc) is 3.44. The van der Waals surface area contributed by atoms with Gasteiger partial charge in [-0.1, -0.05) is 279 Å². The number of unbranched alkanes of at least 4 members (excludes halogenated alkanes) is 30. The standard InChI is InChI=1S/C71H127N2O7P/c1-7-10-13-16-19-22-25-28-30-32-34-35-36-37-39-40-42-45-48-51-54-57-60-63-70(74)72-68(67-79-81(76,77)78-66-65-73(4,5)6)69(62-59-56-53-50-47-44-27-24-21-18-15-12-9-3)80-71(75)64-61-58-55-52-49-46-43-41-38-33-31-29-26-23-20-17-14-11-8-2/h11,14,20,23,28-31,38,41,46,49,55,58-59,62,68-69H,7-10,12-13,15-19,21-22,24-27,32-37,39-40,42-45,47-48,50-54,56-57,60-61,63-67H2,1-6H3,(H-,72,74,76,77)/b14-11-,23-20-,30-28+,31-29-,41-38-,49-46-,58-55-,62-59-. The van der Waals surface area contributed by atoms with Gasteiger partial charge in [0.05, 0.1) is 33.8 Å². The first-order valence-electron chi connectivity index (χ1n) is 33.5. The molecule has 9 nitrogen and oxygen atoms in total. The van der Waals surface area contributed by atoms with E-state index in [4.69, 9.17) is 13.8 Å². The maximum atomic E-state index is 13.6. The van der Waals surface area contributed by atoms with Gasteiger partial charge >= 0.3 is 5.97 Å². The Balaban J connectivity index is 5.27. The first kappa shape index (κ1) is 77.9. The molecular weight excluding hydrogens is 1020 g/mol. The van der Waals surface area contributed by atoms with Gasteiger partial charge < -0.3 is 28.5 Å². The topological polar surface area (TPSA) is 114 Å². The second-order valence-electron chi connectivity index (χ2n) is 23.6. The van der Waals surface area contributed by atoms with Crippen LogP contribution in [0, 0.1) is 0 Å². The van der Waals surface area contributed by atoms with Gasteiger partial charge in [-0.05, 0) is 96.0 Å². The lowest BCUT2D eigenvalue weighted by molar-refractivity contribution is -0.870. The molecule has 0 rings (SSSR count). The fraction of sp³-hybridized carbons (Fsp3) is 0.746. The number of quaternary nitrogens is 1. The summed E-state index contributed by atoms with van der Waals surface area (Å²) in [5, 5.41) is 3.02. The number of hydrogen-bond donors (Lipinski definition) is 1. The van der Waals surface area contributed by atoms with Gasteiger partial charge in [0, 0.05) is 12.8 Å². The average molecular weight is 1150 g/mol. The zero-order valence-corrected chi connectivity index (χ0v) is 54.4. The number of rotatable bonds is 60. The number of nitrogens with one attached hydrogen (secondary N) is 1. The van der Waals surface area contributed by atoms with Gasteiger partial charge in [0.1, 0.15) is 19.3 Å². The number of esters is 1. The summed E-state index contributed by atoms with van der Waals surface area (Å²) >= 11 is 0. The molecule has 0 aromatic rings. The van der Waals surface area contributed by atoms with Gasteiger partial charge in [-0.2, -0.15) is 0 Å². The lowest BCUT2D eigenvalue weighted by Crippen LogP contribution is -2.47. The largest absolute Gasteiger partial charge is 0.756 e. The van der Waals surface area contributed by atoms with E-state index in [1.54, 1.807) is 0 Å². The third-order valence-electron chi connectivity index (χ3n) is 14.5. The van der Waals surface area contributed by atoms with Crippen LogP contribution >= 0.6 is 7.82 Å². The van der Waals surface area contributed by atoms with E-state index in [1.165, 1.54) is 167 Å². The molecule has 0 radical (unpaired) electrons. The molecule has 0 aliphatic carbocycles. The number of carbonyl (C=O) groups excluding carboxylic acids is 2. The molecule has 1 N–H and O–H groups in total. The van der Waals surface area contributed by atoms with Crippen LogP contribution in [0.3, 0.4) is 0 Å². The highest BCUT2D eigenvalue weighted by Gasteiger charge is 2.27. The van der Waals surface area contributed by atoms with Crippen molar-refractivity contribution in [2.75, 3.05) is 40.9 Å². The summed E-state index contributed by atoms with van der Waals surface area (Å²) in [5.74, 6) is -0.636. The first-order valence-corrected chi connectivity index (χ1v) is 35.0. The van der Waals surface area contributed by atoms with Crippen molar-refractivity contribution in [3.63, 3.8) is 0 Å². The van der Waals surface area contributed by atoms with Crippen LogP contribution in [-0.4, -0.2) is 69.4 Å². The molecule has 81 heavy (non-hydrogen) atoms. The minimum atomic E-state index is -4.72. The fourth-order valence-electron chi connectivity index (χ4n) is 9.37. The Morgan fingerprint density at radius 2 is 0.802 bits per heavy atom. The van der Waals surface area contributed by atoms with Crippen molar-refractivity contribution in [1.82, 2.24) is 5.32 Å². The molecular formula is C71H127N2O7P. The molecule has 468 valence electrons. The number of amides is 1. The summed E-state index contributed by atoms with van der Waals surface area (Å²) < 4.78 is 30.3. The van der Waals surface area contributed by atoms with E-state index in [-0.39, 0.29) is 18.9 Å². The SMILES string of the molecule is CC/C=C\C/C=C\C/C=C\C/C=C\C/C=C\C/C=C\CCC(=O)OC(/C=C\CCCCCCCCCCCCC)C(COP(=O)([O-])OCC[N+](C)(C)C)NC(=O)CCCCCCCCCCCCCCC/C=C/CCCCCCCC. The maximum absolute atomic E-state index is 13.6. The smallest absolute Gasteiger partial charge is 0.306 e. The lowest BCUT2D eigenvalue weighted by atomic mass is 10.0. The van der Waals surface area contributed by atoms with Gasteiger partial charge in [-0.15, -0.1) is 0 Å².